The van der Waals surface area contributed by atoms with Crippen LogP contribution in [0.15, 0.2) is 42.5 Å². The monoisotopic (exact) mass is 358 g/mol. The summed E-state index contributed by atoms with van der Waals surface area (Å²) >= 11 is 6.27. The van der Waals surface area contributed by atoms with E-state index in [-0.39, 0.29) is 11.9 Å². The normalized spacial score (nSPS) is 12.7. The van der Waals surface area contributed by atoms with Crippen molar-refractivity contribution >= 4 is 17.6 Å². The molecule has 0 bridgehead atoms. The number of halogens is 1. The van der Waals surface area contributed by atoms with Crippen LogP contribution in [0.1, 0.15) is 62.3 Å². The van der Waals surface area contributed by atoms with E-state index < -0.39 is 5.60 Å². The molecule has 0 N–H and O–H groups in total. The maximum atomic E-state index is 12.5. The molecule has 25 heavy (non-hydrogen) atoms. The average molecular weight is 359 g/mol. The fourth-order valence-electron chi connectivity index (χ4n) is 2.97. The second kappa shape index (κ2) is 8.05. The Labute approximate surface area is 156 Å². The molecule has 3 heteroatoms. The molecule has 0 aliphatic carbocycles. The quantitative estimate of drug-likeness (QED) is 0.606. The molecule has 0 aromatic heterocycles. The Bertz CT molecular complexity index is 724. The summed E-state index contributed by atoms with van der Waals surface area (Å²) in [6, 6.07) is 14.4. The van der Waals surface area contributed by atoms with E-state index in [1.54, 1.807) is 0 Å². The fourth-order valence-corrected chi connectivity index (χ4v) is 3.27. The van der Waals surface area contributed by atoms with E-state index in [9.17, 15) is 4.79 Å². The summed E-state index contributed by atoms with van der Waals surface area (Å²) in [6.45, 7) is 9.82. The zero-order chi connectivity index (χ0) is 18.6. The molecule has 1 unspecified atom stereocenters. The van der Waals surface area contributed by atoms with Gasteiger partial charge in [0.1, 0.15) is 5.60 Å². The lowest BCUT2D eigenvalue weighted by Gasteiger charge is -2.23. The van der Waals surface area contributed by atoms with Crippen molar-refractivity contribution in [3.8, 4) is 0 Å². The number of esters is 1. The lowest BCUT2D eigenvalue weighted by Crippen LogP contribution is -2.25. The summed E-state index contributed by atoms with van der Waals surface area (Å²) in [4.78, 5) is 12.5. The maximum absolute atomic E-state index is 12.5. The van der Waals surface area contributed by atoms with Gasteiger partial charge in [0.25, 0.3) is 0 Å². The van der Waals surface area contributed by atoms with Gasteiger partial charge in [-0.25, -0.2) is 0 Å². The Morgan fingerprint density at radius 2 is 1.84 bits per heavy atom. The first-order valence-corrected chi connectivity index (χ1v) is 9.13. The Morgan fingerprint density at radius 3 is 2.44 bits per heavy atom. The molecular formula is C22H27ClO2. The molecule has 2 aromatic carbocycles. The van der Waals surface area contributed by atoms with E-state index in [1.165, 1.54) is 5.56 Å². The van der Waals surface area contributed by atoms with E-state index in [0.717, 1.165) is 23.1 Å². The highest BCUT2D eigenvalue weighted by molar-refractivity contribution is 6.30. The summed E-state index contributed by atoms with van der Waals surface area (Å²) in [5.41, 5.74) is 4.02. The Morgan fingerprint density at radius 1 is 1.12 bits per heavy atom. The first-order valence-electron chi connectivity index (χ1n) is 8.75. The third-order valence-electron chi connectivity index (χ3n) is 4.02. The third kappa shape index (κ3) is 5.89. The van der Waals surface area contributed by atoms with E-state index in [1.807, 2.05) is 45.9 Å². The summed E-state index contributed by atoms with van der Waals surface area (Å²) in [5, 5.41) is 0.691. The standard InChI is InChI=1S/C22H27ClO2/c1-6-16-8-7-9-17(12-16)20(14-21(24)25-22(3,4)5)18-10-15(2)11-19(23)13-18/h7-13,20H,6,14H2,1-5H3. The number of carbonyl (C=O) groups is 1. The molecule has 0 fully saturated rings. The molecule has 0 saturated carbocycles. The van der Waals surface area contributed by atoms with Crippen LogP contribution < -0.4 is 0 Å². The molecule has 1 atom stereocenters. The van der Waals surface area contributed by atoms with Gasteiger partial charge >= 0.3 is 5.97 Å². The largest absolute Gasteiger partial charge is 0.460 e. The van der Waals surface area contributed by atoms with Crippen molar-refractivity contribution in [1.82, 2.24) is 0 Å². The van der Waals surface area contributed by atoms with Gasteiger partial charge in [-0.2, -0.15) is 0 Å². The topological polar surface area (TPSA) is 26.3 Å². The number of aryl methyl sites for hydroxylation is 2. The summed E-state index contributed by atoms with van der Waals surface area (Å²) < 4.78 is 5.56. The number of rotatable bonds is 5. The zero-order valence-corrected chi connectivity index (χ0v) is 16.5. The van der Waals surface area contributed by atoms with Crippen LogP contribution in [0.2, 0.25) is 5.02 Å². The molecule has 0 radical (unpaired) electrons. The van der Waals surface area contributed by atoms with Gasteiger partial charge in [-0.15, -0.1) is 0 Å². The van der Waals surface area contributed by atoms with Crippen LogP contribution in [0.4, 0.5) is 0 Å². The second-order valence-electron chi connectivity index (χ2n) is 7.50. The Balaban J connectivity index is 2.41. The van der Waals surface area contributed by atoms with E-state index in [0.29, 0.717) is 11.4 Å². The summed E-state index contributed by atoms with van der Waals surface area (Å²) in [6.07, 6.45) is 1.26. The van der Waals surface area contributed by atoms with Gasteiger partial charge in [0.2, 0.25) is 0 Å². The molecule has 0 amide bonds. The number of benzene rings is 2. The molecule has 134 valence electrons. The minimum absolute atomic E-state index is 0.0706. The Hall–Kier alpha value is -1.80. The predicted octanol–water partition coefficient (Wildman–Crippen LogP) is 6.07. The van der Waals surface area contributed by atoms with Crippen LogP contribution >= 0.6 is 11.6 Å². The molecule has 2 nitrogen and oxygen atoms in total. The highest BCUT2D eigenvalue weighted by atomic mass is 35.5. The van der Waals surface area contributed by atoms with Crippen LogP contribution in [-0.4, -0.2) is 11.6 Å². The van der Waals surface area contributed by atoms with Crippen LogP contribution in [0, 0.1) is 6.92 Å². The third-order valence-corrected chi connectivity index (χ3v) is 4.24. The lowest BCUT2D eigenvalue weighted by molar-refractivity contribution is -0.155. The highest BCUT2D eigenvalue weighted by Crippen LogP contribution is 2.32. The minimum atomic E-state index is -0.489. The van der Waals surface area contributed by atoms with Crippen molar-refractivity contribution in [1.29, 1.82) is 0 Å². The average Bonchev–Trinajstić information content (AvgIpc) is 2.50. The van der Waals surface area contributed by atoms with Gasteiger partial charge in [0, 0.05) is 10.9 Å². The van der Waals surface area contributed by atoms with E-state index in [2.05, 4.69) is 31.2 Å². The Kier molecular flexibility index (Phi) is 6.29. The fraction of sp³-hybridized carbons (Fsp3) is 0.409. The smallest absolute Gasteiger partial charge is 0.307 e. The van der Waals surface area contributed by atoms with Crippen molar-refractivity contribution in [2.75, 3.05) is 0 Å². The van der Waals surface area contributed by atoms with Crippen molar-refractivity contribution in [2.24, 2.45) is 0 Å². The maximum Gasteiger partial charge on any atom is 0.307 e. The van der Waals surface area contributed by atoms with Gasteiger partial charge in [-0.1, -0.05) is 48.9 Å². The lowest BCUT2D eigenvalue weighted by atomic mass is 9.87. The highest BCUT2D eigenvalue weighted by Gasteiger charge is 2.23. The number of ether oxygens (including phenoxy) is 1. The number of hydrogen-bond acceptors (Lipinski definition) is 2. The SMILES string of the molecule is CCc1cccc(C(CC(=O)OC(C)(C)C)c2cc(C)cc(Cl)c2)c1. The first kappa shape index (κ1) is 19.5. The predicted molar refractivity (Wildman–Crippen MR) is 104 cm³/mol. The van der Waals surface area contributed by atoms with Gasteiger partial charge in [-0.05, 0) is 68.5 Å². The van der Waals surface area contributed by atoms with Crippen LogP contribution in [0.3, 0.4) is 0 Å². The summed E-state index contributed by atoms with van der Waals surface area (Å²) in [5.74, 6) is -0.268. The van der Waals surface area contributed by atoms with Gasteiger partial charge in [-0.3, -0.25) is 4.79 Å². The van der Waals surface area contributed by atoms with E-state index in [4.69, 9.17) is 16.3 Å². The number of hydrogen-bond donors (Lipinski definition) is 0. The molecule has 0 aliphatic heterocycles. The van der Waals surface area contributed by atoms with E-state index >= 15 is 0 Å². The van der Waals surface area contributed by atoms with Gasteiger partial charge in [0.05, 0.1) is 6.42 Å². The molecule has 0 spiro atoms. The van der Waals surface area contributed by atoms with Crippen molar-refractivity contribution in [3.63, 3.8) is 0 Å². The molecule has 0 aliphatic rings. The molecule has 2 aromatic rings. The van der Waals surface area contributed by atoms with Crippen LogP contribution in [0.5, 0.6) is 0 Å². The van der Waals surface area contributed by atoms with Gasteiger partial charge in [0.15, 0.2) is 0 Å². The summed E-state index contributed by atoms with van der Waals surface area (Å²) in [7, 11) is 0. The zero-order valence-electron chi connectivity index (χ0n) is 15.7. The van der Waals surface area contributed by atoms with Crippen molar-refractivity contribution in [3.05, 3.63) is 69.7 Å². The van der Waals surface area contributed by atoms with Crippen LogP contribution in [0.25, 0.3) is 0 Å². The van der Waals surface area contributed by atoms with Crippen molar-refractivity contribution < 1.29 is 9.53 Å². The van der Waals surface area contributed by atoms with Gasteiger partial charge < -0.3 is 4.74 Å². The second-order valence-corrected chi connectivity index (χ2v) is 7.94. The molecule has 0 heterocycles. The molecule has 2 rings (SSSR count). The minimum Gasteiger partial charge on any atom is -0.460 e. The number of carbonyl (C=O) groups excluding carboxylic acids is 1. The van der Waals surface area contributed by atoms with Crippen LogP contribution in [-0.2, 0) is 16.0 Å². The molecular weight excluding hydrogens is 332 g/mol. The first-order chi connectivity index (χ1) is 11.7. The van der Waals surface area contributed by atoms with Crippen molar-refractivity contribution in [2.45, 2.75) is 59.0 Å². The molecule has 0 saturated heterocycles.